The number of alkyl halides is 6. The van der Waals surface area contributed by atoms with E-state index >= 15 is 0 Å². The Kier molecular flexibility index (Phi) is 7.64. The van der Waals surface area contributed by atoms with Crippen molar-refractivity contribution in [3.8, 4) is 0 Å². The van der Waals surface area contributed by atoms with Crippen LogP contribution in [0.3, 0.4) is 0 Å². The number of anilines is 1. The van der Waals surface area contributed by atoms with Crippen molar-refractivity contribution in [1.82, 2.24) is 14.5 Å². The van der Waals surface area contributed by atoms with Crippen LogP contribution in [0.1, 0.15) is 49.4 Å². The van der Waals surface area contributed by atoms with E-state index in [4.69, 9.17) is 0 Å². The molecule has 0 bridgehead atoms. The third-order valence-corrected chi connectivity index (χ3v) is 7.83. The van der Waals surface area contributed by atoms with E-state index in [1.54, 1.807) is 16.7 Å². The van der Waals surface area contributed by atoms with Gasteiger partial charge in [0.1, 0.15) is 5.69 Å². The standard InChI is InChI=1S/C28H28F6N4O2/c29-27(30,31)18-4-9-23-22(12-18)24(13-25(36-23)28(32,33)34)35-14-21(39)11-17-15-37(16-17)19-5-7-20(8-6-19)38-10-2-1-3-26(38)40/h1-4,9-10,12-13,17,19-20H,5-8,11,14-16H2,(H,35,36). The van der Waals surface area contributed by atoms with Crippen LogP contribution < -0.4 is 10.9 Å². The van der Waals surface area contributed by atoms with Gasteiger partial charge in [-0.3, -0.25) is 14.5 Å². The van der Waals surface area contributed by atoms with Crippen molar-refractivity contribution < 1.29 is 31.1 Å². The molecule has 1 aliphatic carbocycles. The fourth-order valence-electron chi connectivity index (χ4n) is 5.76. The summed E-state index contributed by atoms with van der Waals surface area (Å²) in [6.07, 6.45) is -3.75. The van der Waals surface area contributed by atoms with Gasteiger partial charge in [0.2, 0.25) is 0 Å². The van der Waals surface area contributed by atoms with E-state index in [9.17, 15) is 35.9 Å². The molecule has 1 saturated heterocycles. The number of halogens is 6. The molecule has 0 unspecified atom stereocenters. The first-order chi connectivity index (χ1) is 18.9. The molecule has 5 rings (SSSR count). The van der Waals surface area contributed by atoms with E-state index in [-0.39, 0.29) is 52.9 Å². The first-order valence-corrected chi connectivity index (χ1v) is 13.1. The molecule has 3 aromatic rings. The van der Waals surface area contributed by atoms with E-state index in [1.807, 2.05) is 12.3 Å². The van der Waals surface area contributed by atoms with Gasteiger partial charge >= 0.3 is 12.4 Å². The highest BCUT2D eigenvalue weighted by Crippen LogP contribution is 2.37. The smallest absolute Gasteiger partial charge is 0.377 e. The average Bonchev–Trinajstić information content (AvgIpc) is 2.88. The van der Waals surface area contributed by atoms with E-state index in [0.717, 1.165) is 50.9 Å². The molecule has 3 heterocycles. The summed E-state index contributed by atoms with van der Waals surface area (Å²) >= 11 is 0. The van der Waals surface area contributed by atoms with E-state index < -0.39 is 23.6 Å². The molecule has 2 fully saturated rings. The Labute approximate surface area is 226 Å². The van der Waals surface area contributed by atoms with Crippen LogP contribution in [-0.2, 0) is 17.1 Å². The van der Waals surface area contributed by atoms with Crippen LogP contribution >= 0.6 is 0 Å². The molecule has 1 N–H and O–H groups in total. The number of nitrogens with zero attached hydrogens (tertiary/aromatic N) is 3. The number of ketones is 1. The highest BCUT2D eigenvalue weighted by Gasteiger charge is 2.37. The molecule has 214 valence electrons. The van der Waals surface area contributed by atoms with Crippen molar-refractivity contribution in [3.05, 3.63) is 70.3 Å². The van der Waals surface area contributed by atoms with Crippen LogP contribution in [0.15, 0.2) is 53.5 Å². The van der Waals surface area contributed by atoms with Crippen molar-refractivity contribution in [3.63, 3.8) is 0 Å². The summed E-state index contributed by atoms with van der Waals surface area (Å²) in [5.74, 6) is -0.122. The monoisotopic (exact) mass is 566 g/mol. The Morgan fingerprint density at radius 1 is 0.925 bits per heavy atom. The molecule has 1 aliphatic heterocycles. The van der Waals surface area contributed by atoms with Crippen LogP contribution in [0.25, 0.3) is 10.9 Å². The lowest BCUT2D eigenvalue weighted by Crippen LogP contribution is -2.53. The summed E-state index contributed by atoms with van der Waals surface area (Å²) in [6.45, 7) is 1.16. The van der Waals surface area contributed by atoms with Crippen molar-refractivity contribution >= 4 is 22.4 Å². The summed E-state index contributed by atoms with van der Waals surface area (Å²) in [6, 6.07) is 8.66. The molecule has 2 aliphatic rings. The van der Waals surface area contributed by atoms with Gasteiger partial charge in [-0.2, -0.15) is 26.3 Å². The fraction of sp³-hybridized carbons (Fsp3) is 0.464. The Bertz CT molecular complexity index is 1440. The number of Topliss-reactive ketones (excluding diaryl/α,β-unsaturated/α-hetero) is 1. The molecule has 0 amide bonds. The van der Waals surface area contributed by atoms with Crippen molar-refractivity contribution in [2.75, 3.05) is 25.0 Å². The third kappa shape index (κ3) is 6.16. The minimum absolute atomic E-state index is 0.00253. The summed E-state index contributed by atoms with van der Waals surface area (Å²) < 4.78 is 81.4. The Morgan fingerprint density at radius 3 is 2.27 bits per heavy atom. The van der Waals surface area contributed by atoms with Crippen LogP contribution in [0.4, 0.5) is 32.0 Å². The third-order valence-electron chi connectivity index (χ3n) is 7.83. The SMILES string of the molecule is O=C(CNc1cc(C(F)(F)F)nc2ccc(C(F)(F)F)cc12)CC1CN(C2CCC(n3ccccc3=O)CC2)C1. The van der Waals surface area contributed by atoms with Gasteiger partial charge in [0.15, 0.2) is 5.78 Å². The molecule has 0 spiro atoms. The summed E-state index contributed by atoms with van der Waals surface area (Å²) in [5, 5.41) is 2.49. The number of hydrogen-bond donors (Lipinski definition) is 1. The van der Waals surface area contributed by atoms with Crippen LogP contribution in [0.5, 0.6) is 0 Å². The highest BCUT2D eigenvalue weighted by atomic mass is 19.4. The molecule has 6 nitrogen and oxygen atoms in total. The molecule has 2 aromatic heterocycles. The second-order valence-electron chi connectivity index (χ2n) is 10.6. The molecule has 12 heteroatoms. The predicted molar refractivity (Wildman–Crippen MR) is 137 cm³/mol. The Balaban J connectivity index is 1.16. The predicted octanol–water partition coefficient (Wildman–Crippen LogP) is 5.92. The second kappa shape index (κ2) is 10.9. The van der Waals surface area contributed by atoms with Gasteiger partial charge in [-0.05, 0) is 61.9 Å². The number of carbonyl (C=O) groups excluding carboxylic acids is 1. The molecule has 1 saturated carbocycles. The van der Waals surface area contributed by atoms with Gasteiger partial charge in [-0.25, -0.2) is 4.98 Å². The molecular weight excluding hydrogens is 538 g/mol. The summed E-state index contributed by atoms with van der Waals surface area (Å²) in [5.41, 5.74) is -2.75. The molecule has 0 radical (unpaired) electrons. The number of benzene rings is 1. The van der Waals surface area contributed by atoms with Crippen molar-refractivity contribution in [1.29, 1.82) is 0 Å². The number of rotatable bonds is 7. The minimum Gasteiger partial charge on any atom is -0.377 e. The van der Waals surface area contributed by atoms with Gasteiger partial charge in [0.05, 0.1) is 17.6 Å². The summed E-state index contributed by atoms with van der Waals surface area (Å²) in [4.78, 5) is 30.5. The highest BCUT2D eigenvalue weighted by molar-refractivity contribution is 5.94. The van der Waals surface area contributed by atoms with Crippen LogP contribution in [-0.4, -0.2) is 45.9 Å². The number of likely N-dealkylation sites (tertiary alicyclic amines) is 1. The minimum atomic E-state index is -4.80. The van der Waals surface area contributed by atoms with Gasteiger partial charge < -0.3 is 9.88 Å². The van der Waals surface area contributed by atoms with Gasteiger partial charge in [0.25, 0.3) is 5.56 Å². The number of hydrogen-bond acceptors (Lipinski definition) is 5. The zero-order valence-corrected chi connectivity index (χ0v) is 21.4. The van der Waals surface area contributed by atoms with E-state index in [0.29, 0.717) is 18.2 Å². The lowest BCUT2D eigenvalue weighted by atomic mass is 9.85. The quantitative estimate of drug-likeness (QED) is 0.360. The van der Waals surface area contributed by atoms with Gasteiger partial charge in [-0.1, -0.05) is 6.07 Å². The fourth-order valence-corrected chi connectivity index (χ4v) is 5.76. The maximum absolute atomic E-state index is 13.3. The van der Waals surface area contributed by atoms with Gasteiger partial charge in [-0.15, -0.1) is 0 Å². The topological polar surface area (TPSA) is 67.2 Å². The van der Waals surface area contributed by atoms with Crippen molar-refractivity contribution in [2.24, 2.45) is 5.92 Å². The average molecular weight is 567 g/mol. The lowest BCUT2D eigenvalue weighted by Gasteiger charge is -2.46. The van der Waals surface area contributed by atoms with Gasteiger partial charge in [0, 0.05) is 54.9 Å². The van der Waals surface area contributed by atoms with E-state index in [1.165, 1.54) is 0 Å². The first-order valence-electron chi connectivity index (χ1n) is 13.1. The zero-order chi connectivity index (χ0) is 28.7. The van der Waals surface area contributed by atoms with Crippen LogP contribution in [0.2, 0.25) is 0 Å². The number of carbonyl (C=O) groups is 1. The second-order valence-corrected chi connectivity index (χ2v) is 10.6. The maximum atomic E-state index is 13.3. The molecule has 0 atom stereocenters. The summed E-state index contributed by atoms with van der Waals surface area (Å²) in [7, 11) is 0. The molecular formula is C28H28F6N4O2. The Hall–Kier alpha value is -3.41. The lowest BCUT2D eigenvalue weighted by molar-refractivity contribution is -0.141. The van der Waals surface area contributed by atoms with E-state index in [2.05, 4.69) is 15.2 Å². The largest absolute Gasteiger partial charge is 0.433 e. The first kappa shape index (κ1) is 28.1. The number of pyridine rings is 2. The maximum Gasteiger partial charge on any atom is 0.433 e. The molecule has 40 heavy (non-hydrogen) atoms. The number of aromatic nitrogens is 2. The van der Waals surface area contributed by atoms with Crippen LogP contribution in [0, 0.1) is 5.92 Å². The molecule has 1 aromatic carbocycles. The normalized spacial score (nSPS) is 20.9. The number of nitrogens with one attached hydrogen (secondary N) is 1. The zero-order valence-electron chi connectivity index (χ0n) is 21.4. The number of fused-ring (bicyclic) bond motifs is 1. The Morgan fingerprint density at radius 2 is 1.62 bits per heavy atom. The van der Waals surface area contributed by atoms with Crippen molar-refractivity contribution in [2.45, 2.75) is 56.5 Å².